The van der Waals surface area contributed by atoms with E-state index in [-0.39, 0.29) is 0 Å². The van der Waals surface area contributed by atoms with E-state index in [0.29, 0.717) is 0 Å². The molecule has 1 aromatic heterocycles. The molecule has 0 unspecified atom stereocenters. The molecule has 2 aromatic rings. The maximum atomic E-state index is 4.35. The van der Waals surface area contributed by atoms with Crippen LogP contribution in [0, 0.1) is 6.92 Å². The van der Waals surface area contributed by atoms with Crippen molar-refractivity contribution in [2.24, 2.45) is 0 Å². The molecule has 1 fully saturated rings. The Morgan fingerprint density at radius 3 is 2.84 bits per heavy atom. The van der Waals surface area contributed by atoms with Crippen molar-refractivity contribution in [1.82, 2.24) is 25.2 Å². The molecule has 19 heavy (non-hydrogen) atoms. The SMILES string of the molecule is Cc1cnn(-c2cccc(CN3CCNCC3)c2)n1. The minimum absolute atomic E-state index is 0.938. The van der Waals surface area contributed by atoms with Crippen LogP contribution in [0.4, 0.5) is 0 Å². The van der Waals surface area contributed by atoms with E-state index >= 15 is 0 Å². The van der Waals surface area contributed by atoms with Crippen LogP contribution in [0.1, 0.15) is 11.3 Å². The van der Waals surface area contributed by atoms with Gasteiger partial charge in [-0.3, -0.25) is 4.90 Å². The maximum Gasteiger partial charge on any atom is 0.0859 e. The van der Waals surface area contributed by atoms with E-state index in [2.05, 4.69) is 38.6 Å². The second-order valence-electron chi connectivity index (χ2n) is 4.97. The zero-order valence-electron chi connectivity index (χ0n) is 11.2. The highest BCUT2D eigenvalue weighted by atomic mass is 15.5. The smallest absolute Gasteiger partial charge is 0.0859 e. The lowest BCUT2D eigenvalue weighted by atomic mass is 10.2. The van der Waals surface area contributed by atoms with Gasteiger partial charge in [-0.05, 0) is 24.6 Å². The Bertz CT molecular complexity index is 542. The normalized spacial score (nSPS) is 16.7. The van der Waals surface area contributed by atoms with E-state index < -0.39 is 0 Å². The third kappa shape index (κ3) is 3.00. The number of aryl methyl sites for hydroxylation is 1. The van der Waals surface area contributed by atoms with Crippen LogP contribution in [0.25, 0.3) is 5.69 Å². The van der Waals surface area contributed by atoms with Crippen molar-refractivity contribution in [3.8, 4) is 5.69 Å². The zero-order chi connectivity index (χ0) is 13.1. The summed E-state index contributed by atoms with van der Waals surface area (Å²) < 4.78 is 0. The first-order valence-electron chi connectivity index (χ1n) is 6.72. The molecule has 0 amide bonds. The molecule has 5 heteroatoms. The molecule has 1 saturated heterocycles. The van der Waals surface area contributed by atoms with Crippen molar-refractivity contribution in [2.45, 2.75) is 13.5 Å². The highest BCUT2D eigenvalue weighted by Gasteiger charge is 2.10. The van der Waals surface area contributed by atoms with Gasteiger partial charge in [0.25, 0.3) is 0 Å². The van der Waals surface area contributed by atoms with Crippen molar-refractivity contribution >= 4 is 0 Å². The lowest BCUT2D eigenvalue weighted by Gasteiger charge is -2.27. The first-order chi connectivity index (χ1) is 9.31. The van der Waals surface area contributed by atoms with Crippen molar-refractivity contribution < 1.29 is 0 Å². The number of piperazine rings is 1. The molecule has 2 heterocycles. The largest absolute Gasteiger partial charge is 0.314 e. The maximum absolute atomic E-state index is 4.35. The van der Waals surface area contributed by atoms with Crippen LogP contribution in [-0.4, -0.2) is 46.1 Å². The summed E-state index contributed by atoms with van der Waals surface area (Å²) in [7, 11) is 0. The minimum atomic E-state index is 0.938. The fourth-order valence-electron chi connectivity index (χ4n) is 2.37. The number of hydrogen-bond donors (Lipinski definition) is 1. The molecule has 3 rings (SSSR count). The number of aromatic nitrogens is 3. The van der Waals surface area contributed by atoms with Crippen molar-refractivity contribution in [3.05, 3.63) is 41.7 Å². The monoisotopic (exact) mass is 257 g/mol. The third-order valence-electron chi connectivity index (χ3n) is 3.36. The summed E-state index contributed by atoms with van der Waals surface area (Å²) in [5.74, 6) is 0. The molecule has 0 bridgehead atoms. The Labute approximate surface area is 113 Å². The van der Waals surface area contributed by atoms with Gasteiger partial charge < -0.3 is 5.32 Å². The number of hydrogen-bond acceptors (Lipinski definition) is 4. The van der Waals surface area contributed by atoms with Crippen LogP contribution in [0.3, 0.4) is 0 Å². The lowest BCUT2D eigenvalue weighted by Crippen LogP contribution is -2.42. The van der Waals surface area contributed by atoms with Crippen LogP contribution in [0.15, 0.2) is 30.5 Å². The van der Waals surface area contributed by atoms with Gasteiger partial charge in [0.1, 0.15) is 0 Å². The molecule has 1 aromatic carbocycles. The van der Waals surface area contributed by atoms with E-state index in [4.69, 9.17) is 0 Å². The third-order valence-corrected chi connectivity index (χ3v) is 3.36. The van der Waals surface area contributed by atoms with E-state index in [1.165, 1.54) is 5.56 Å². The molecule has 1 N–H and O–H groups in total. The first kappa shape index (κ1) is 12.3. The van der Waals surface area contributed by atoms with E-state index in [9.17, 15) is 0 Å². The summed E-state index contributed by atoms with van der Waals surface area (Å²) in [4.78, 5) is 4.16. The minimum Gasteiger partial charge on any atom is -0.314 e. The van der Waals surface area contributed by atoms with E-state index in [1.807, 2.05) is 13.0 Å². The summed E-state index contributed by atoms with van der Waals surface area (Å²) in [5.41, 5.74) is 3.28. The number of benzene rings is 1. The predicted molar refractivity (Wildman–Crippen MR) is 74.2 cm³/mol. The van der Waals surface area contributed by atoms with Crippen LogP contribution in [-0.2, 0) is 6.54 Å². The summed E-state index contributed by atoms with van der Waals surface area (Å²) in [6.07, 6.45) is 1.78. The second-order valence-corrected chi connectivity index (χ2v) is 4.97. The van der Waals surface area contributed by atoms with Gasteiger partial charge in [-0.25, -0.2) is 0 Å². The molecule has 0 atom stereocenters. The average Bonchev–Trinajstić information content (AvgIpc) is 2.87. The number of nitrogens with one attached hydrogen (secondary N) is 1. The summed E-state index contributed by atoms with van der Waals surface area (Å²) in [6.45, 7) is 7.34. The van der Waals surface area contributed by atoms with Crippen LogP contribution in [0.2, 0.25) is 0 Å². The van der Waals surface area contributed by atoms with Crippen molar-refractivity contribution in [1.29, 1.82) is 0 Å². The molecule has 0 spiro atoms. The quantitative estimate of drug-likeness (QED) is 0.890. The Morgan fingerprint density at radius 1 is 1.26 bits per heavy atom. The molecular formula is C14H19N5. The van der Waals surface area contributed by atoms with Gasteiger partial charge in [0, 0.05) is 32.7 Å². The Kier molecular flexibility index (Phi) is 3.57. The molecule has 100 valence electrons. The molecule has 5 nitrogen and oxygen atoms in total. The van der Waals surface area contributed by atoms with Crippen molar-refractivity contribution in [2.75, 3.05) is 26.2 Å². The molecule has 1 aliphatic heterocycles. The predicted octanol–water partition coefficient (Wildman–Crippen LogP) is 0.981. The summed E-state index contributed by atoms with van der Waals surface area (Å²) in [5, 5.41) is 12.0. The van der Waals surface area contributed by atoms with Crippen LogP contribution in [0.5, 0.6) is 0 Å². The number of rotatable bonds is 3. The first-order valence-corrected chi connectivity index (χ1v) is 6.72. The summed E-state index contributed by atoms with van der Waals surface area (Å²) in [6, 6.07) is 8.45. The van der Waals surface area contributed by atoms with Gasteiger partial charge in [0.2, 0.25) is 0 Å². The van der Waals surface area contributed by atoms with Crippen molar-refractivity contribution in [3.63, 3.8) is 0 Å². The van der Waals surface area contributed by atoms with Gasteiger partial charge in [-0.2, -0.15) is 15.0 Å². The van der Waals surface area contributed by atoms with Gasteiger partial charge in [0.15, 0.2) is 0 Å². The fraction of sp³-hybridized carbons (Fsp3) is 0.429. The van der Waals surface area contributed by atoms with Gasteiger partial charge in [-0.15, -0.1) is 0 Å². The second kappa shape index (κ2) is 5.50. The fourth-order valence-corrected chi connectivity index (χ4v) is 2.37. The van der Waals surface area contributed by atoms with E-state index in [0.717, 1.165) is 44.1 Å². The zero-order valence-corrected chi connectivity index (χ0v) is 11.2. The molecular weight excluding hydrogens is 238 g/mol. The molecule has 0 aliphatic carbocycles. The molecule has 0 radical (unpaired) electrons. The van der Waals surface area contributed by atoms with Gasteiger partial charge in [-0.1, -0.05) is 12.1 Å². The molecule has 0 saturated carbocycles. The van der Waals surface area contributed by atoms with Gasteiger partial charge >= 0.3 is 0 Å². The highest BCUT2D eigenvalue weighted by molar-refractivity contribution is 5.34. The molecule has 1 aliphatic rings. The lowest BCUT2D eigenvalue weighted by molar-refractivity contribution is 0.233. The highest BCUT2D eigenvalue weighted by Crippen LogP contribution is 2.11. The Hall–Kier alpha value is -1.72. The summed E-state index contributed by atoms with van der Waals surface area (Å²) >= 11 is 0. The van der Waals surface area contributed by atoms with Crippen LogP contribution >= 0.6 is 0 Å². The Balaban J connectivity index is 1.75. The standard InChI is InChI=1S/C14H19N5/c1-12-10-16-19(17-12)14-4-2-3-13(9-14)11-18-7-5-15-6-8-18/h2-4,9-10,15H,5-8,11H2,1H3. The average molecular weight is 257 g/mol. The van der Waals surface area contributed by atoms with E-state index in [1.54, 1.807) is 11.0 Å². The Morgan fingerprint density at radius 2 is 2.11 bits per heavy atom. The van der Waals surface area contributed by atoms with Crippen LogP contribution < -0.4 is 5.32 Å². The topological polar surface area (TPSA) is 46.0 Å². The number of nitrogens with zero attached hydrogens (tertiary/aromatic N) is 4. The van der Waals surface area contributed by atoms with Gasteiger partial charge in [0.05, 0.1) is 17.6 Å².